The van der Waals surface area contributed by atoms with E-state index >= 15 is 0 Å². The minimum absolute atomic E-state index is 0.0302. The third kappa shape index (κ3) is 2.54. The van der Waals surface area contributed by atoms with E-state index in [0.717, 1.165) is 5.56 Å². The van der Waals surface area contributed by atoms with Crippen LogP contribution < -0.4 is 5.84 Å². The van der Waals surface area contributed by atoms with Crippen LogP contribution in [0.3, 0.4) is 0 Å². The van der Waals surface area contributed by atoms with Crippen molar-refractivity contribution >= 4 is 0 Å². The maximum Gasteiger partial charge on any atom is 0.133 e. The summed E-state index contributed by atoms with van der Waals surface area (Å²) in [6.07, 6.45) is -0.517. The molecule has 3 nitrogen and oxygen atoms in total. The molecular weight excluding hydrogens is 176 g/mol. The lowest BCUT2D eigenvalue weighted by Gasteiger charge is -2.33. The fourth-order valence-corrected chi connectivity index (χ4v) is 1.29. The van der Waals surface area contributed by atoms with Crippen LogP contribution in [0.15, 0.2) is 30.3 Å². The van der Waals surface area contributed by atoms with Crippen LogP contribution in [0.5, 0.6) is 0 Å². The zero-order valence-electron chi connectivity index (χ0n) is 9.01. The van der Waals surface area contributed by atoms with Crippen LogP contribution in [0.2, 0.25) is 0 Å². The monoisotopic (exact) mass is 195 g/mol. The van der Waals surface area contributed by atoms with Crippen molar-refractivity contribution in [1.29, 1.82) is 0 Å². The fourth-order valence-electron chi connectivity index (χ4n) is 1.29. The minimum atomic E-state index is -0.517. The molecule has 0 fully saturated rings. The van der Waals surface area contributed by atoms with Crippen molar-refractivity contribution in [2.45, 2.75) is 19.1 Å². The van der Waals surface area contributed by atoms with Crippen LogP contribution >= 0.6 is 0 Å². The molecule has 2 unspecified atom stereocenters. The van der Waals surface area contributed by atoms with Gasteiger partial charge in [0, 0.05) is 0 Å². The van der Waals surface area contributed by atoms with E-state index in [-0.39, 0.29) is 10.6 Å². The molecule has 2 atom stereocenters. The van der Waals surface area contributed by atoms with Crippen molar-refractivity contribution in [2.24, 2.45) is 5.84 Å². The summed E-state index contributed by atoms with van der Waals surface area (Å²) >= 11 is 0. The van der Waals surface area contributed by atoms with E-state index in [2.05, 4.69) is 0 Å². The number of rotatable bonds is 3. The Morgan fingerprint density at radius 1 is 1.21 bits per heavy atom. The topological polar surface area (TPSA) is 46.2 Å². The normalized spacial score (nSPS) is 16.4. The van der Waals surface area contributed by atoms with Crippen LogP contribution in [0.4, 0.5) is 0 Å². The van der Waals surface area contributed by atoms with Crippen LogP contribution in [-0.2, 0) is 0 Å². The van der Waals surface area contributed by atoms with Crippen molar-refractivity contribution in [3.63, 3.8) is 0 Å². The summed E-state index contributed by atoms with van der Waals surface area (Å²) in [5, 5.41) is 10.0. The Morgan fingerprint density at radius 3 is 2.14 bits per heavy atom. The molecular formula is C11H19N2O+. The average Bonchev–Trinajstić information content (AvgIpc) is 2.15. The fraction of sp³-hybridized carbons (Fsp3) is 0.455. The lowest BCUT2D eigenvalue weighted by molar-refractivity contribution is -0.929. The highest BCUT2D eigenvalue weighted by Crippen LogP contribution is 2.20. The number of hydrogen-bond acceptors (Lipinski definition) is 2. The van der Waals surface area contributed by atoms with Crippen LogP contribution in [-0.4, -0.2) is 29.8 Å². The van der Waals surface area contributed by atoms with Gasteiger partial charge in [-0.25, -0.2) is 4.59 Å². The number of benzene rings is 1. The lowest BCUT2D eigenvalue weighted by Crippen LogP contribution is -2.55. The lowest BCUT2D eigenvalue weighted by atomic mass is 10.0. The Labute approximate surface area is 85.3 Å². The molecule has 0 aromatic heterocycles. The van der Waals surface area contributed by atoms with Crippen LogP contribution in [0, 0.1) is 0 Å². The summed E-state index contributed by atoms with van der Waals surface area (Å²) in [7, 11) is 3.74. The maximum atomic E-state index is 10.0. The zero-order valence-corrected chi connectivity index (χ0v) is 9.01. The van der Waals surface area contributed by atoms with Gasteiger partial charge in [-0.05, 0) is 12.5 Å². The second-order valence-electron chi connectivity index (χ2n) is 4.23. The Morgan fingerprint density at radius 2 is 1.71 bits per heavy atom. The Balaban J connectivity index is 2.81. The van der Waals surface area contributed by atoms with Gasteiger partial charge < -0.3 is 5.11 Å². The smallest absolute Gasteiger partial charge is 0.133 e. The zero-order chi connectivity index (χ0) is 10.8. The quantitative estimate of drug-likeness (QED) is 0.430. The molecule has 0 radical (unpaired) electrons. The largest absolute Gasteiger partial charge is 0.382 e. The molecule has 3 heteroatoms. The van der Waals surface area contributed by atoms with Crippen molar-refractivity contribution in [1.82, 2.24) is 0 Å². The molecule has 0 aliphatic heterocycles. The molecule has 3 N–H and O–H groups in total. The second kappa shape index (κ2) is 4.09. The van der Waals surface area contributed by atoms with E-state index < -0.39 is 6.10 Å². The molecule has 1 rings (SSSR count). The molecule has 1 aromatic rings. The number of nitrogens with zero attached hydrogens (tertiary/aromatic N) is 1. The van der Waals surface area contributed by atoms with Crippen molar-refractivity contribution < 1.29 is 9.70 Å². The van der Waals surface area contributed by atoms with Crippen LogP contribution in [0.1, 0.15) is 18.6 Å². The van der Waals surface area contributed by atoms with E-state index in [0.29, 0.717) is 0 Å². The number of nitrogens with two attached hydrogens (primary N) is 1. The molecule has 0 heterocycles. The second-order valence-corrected chi connectivity index (χ2v) is 4.23. The molecule has 78 valence electrons. The third-order valence-corrected chi connectivity index (χ3v) is 2.65. The summed E-state index contributed by atoms with van der Waals surface area (Å²) in [5.74, 6) is 5.89. The van der Waals surface area contributed by atoms with Crippen molar-refractivity contribution in [3.05, 3.63) is 35.9 Å². The van der Waals surface area contributed by atoms with E-state index in [1.807, 2.05) is 51.4 Å². The van der Waals surface area contributed by atoms with Gasteiger partial charge in [-0.3, -0.25) is 0 Å². The van der Waals surface area contributed by atoms with Gasteiger partial charge in [0.15, 0.2) is 0 Å². The standard InChI is InChI=1S/C11H19N2O/c1-9(13(2,3)12)11(14)10-7-5-4-6-8-10/h4-9,11,14H,12H2,1-3H3/q+1. The van der Waals surface area contributed by atoms with Gasteiger partial charge in [-0.15, -0.1) is 0 Å². The molecule has 0 aliphatic rings. The van der Waals surface area contributed by atoms with E-state index in [4.69, 9.17) is 5.84 Å². The molecule has 0 bridgehead atoms. The minimum Gasteiger partial charge on any atom is -0.382 e. The van der Waals surface area contributed by atoms with Gasteiger partial charge >= 0.3 is 0 Å². The summed E-state index contributed by atoms with van der Waals surface area (Å²) in [6.45, 7) is 1.94. The van der Waals surface area contributed by atoms with Gasteiger partial charge in [0.05, 0.1) is 14.1 Å². The molecule has 0 amide bonds. The first-order valence-electron chi connectivity index (χ1n) is 4.78. The molecule has 0 aliphatic carbocycles. The third-order valence-electron chi connectivity index (χ3n) is 2.65. The predicted molar refractivity (Wildman–Crippen MR) is 57.2 cm³/mol. The van der Waals surface area contributed by atoms with Crippen LogP contribution in [0.25, 0.3) is 0 Å². The first-order chi connectivity index (χ1) is 6.43. The van der Waals surface area contributed by atoms with Gasteiger partial charge in [-0.2, -0.15) is 5.84 Å². The van der Waals surface area contributed by atoms with Gasteiger partial charge in [0.25, 0.3) is 0 Å². The molecule has 0 saturated heterocycles. The molecule has 0 spiro atoms. The Hall–Kier alpha value is -0.900. The highest BCUT2D eigenvalue weighted by molar-refractivity contribution is 5.17. The predicted octanol–water partition coefficient (Wildman–Crippen LogP) is 1.06. The first kappa shape index (κ1) is 11.2. The summed E-state index contributed by atoms with van der Waals surface area (Å²) in [5.41, 5.74) is 0.914. The van der Waals surface area contributed by atoms with Gasteiger partial charge in [-0.1, -0.05) is 30.3 Å². The molecule has 14 heavy (non-hydrogen) atoms. The van der Waals surface area contributed by atoms with Crippen molar-refractivity contribution in [2.75, 3.05) is 14.1 Å². The number of hydrogen-bond donors (Lipinski definition) is 2. The molecule has 1 aromatic carbocycles. The van der Waals surface area contributed by atoms with Gasteiger partial charge in [0.2, 0.25) is 0 Å². The SMILES string of the molecule is CC(C(O)c1ccccc1)[N+](C)(C)N. The Kier molecular flexibility index (Phi) is 3.26. The average molecular weight is 195 g/mol. The number of quaternary nitrogens is 1. The van der Waals surface area contributed by atoms with E-state index in [9.17, 15) is 5.11 Å². The van der Waals surface area contributed by atoms with E-state index in [1.54, 1.807) is 0 Å². The highest BCUT2D eigenvalue weighted by Gasteiger charge is 2.28. The van der Waals surface area contributed by atoms with Crippen molar-refractivity contribution in [3.8, 4) is 0 Å². The molecule has 0 saturated carbocycles. The van der Waals surface area contributed by atoms with Gasteiger partial charge in [0.1, 0.15) is 12.1 Å². The maximum absolute atomic E-state index is 10.0. The van der Waals surface area contributed by atoms with E-state index in [1.165, 1.54) is 0 Å². The summed E-state index contributed by atoms with van der Waals surface area (Å²) in [4.78, 5) is 0. The number of aliphatic hydroxyl groups is 1. The first-order valence-corrected chi connectivity index (χ1v) is 4.78. The Bertz CT molecular complexity index is 279. The number of aliphatic hydroxyl groups excluding tert-OH is 1. The summed E-state index contributed by atoms with van der Waals surface area (Å²) < 4.78 is 0.260. The summed E-state index contributed by atoms with van der Waals surface area (Å²) in [6, 6.07) is 9.57. The number of likely N-dealkylation sites (N-methyl/N-ethyl adjacent to an activating group) is 1. The highest BCUT2D eigenvalue weighted by atomic mass is 16.3.